The van der Waals surface area contributed by atoms with Crippen molar-refractivity contribution < 1.29 is 18.7 Å². The van der Waals surface area contributed by atoms with E-state index in [2.05, 4.69) is 0 Å². The van der Waals surface area contributed by atoms with Gasteiger partial charge in [0.1, 0.15) is 17.1 Å². The van der Waals surface area contributed by atoms with Crippen LogP contribution in [0, 0.1) is 6.92 Å². The summed E-state index contributed by atoms with van der Waals surface area (Å²) >= 11 is 0. The predicted octanol–water partition coefficient (Wildman–Crippen LogP) is 4.20. The molecule has 0 aliphatic rings. The highest BCUT2D eigenvalue weighted by Gasteiger charge is 2.16. The Balaban J connectivity index is 2.14. The van der Waals surface area contributed by atoms with Crippen molar-refractivity contribution in [3.63, 3.8) is 0 Å². The Labute approximate surface area is 128 Å². The summed E-state index contributed by atoms with van der Waals surface area (Å²) in [4.78, 5) is 11.9. The molecule has 2 aromatic carbocycles. The van der Waals surface area contributed by atoms with Gasteiger partial charge in [0, 0.05) is 10.9 Å². The second-order valence-electron chi connectivity index (χ2n) is 5.06. The van der Waals surface area contributed by atoms with E-state index in [0.717, 1.165) is 22.3 Å². The van der Waals surface area contributed by atoms with E-state index in [-0.39, 0.29) is 5.97 Å². The van der Waals surface area contributed by atoms with Crippen LogP contribution in [-0.2, 0) is 4.74 Å². The van der Waals surface area contributed by atoms with Crippen LogP contribution in [0.3, 0.4) is 0 Å². The van der Waals surface area contributed by atoms with Crippen LogP contribution in [0.1, 0.15) is 15.9 Å². The topological polar surface area (TPSA) is 48.7 Å². The molecule has 0 saturated heterocycles. The molecule has 0 fully saturated rings. The number of hydrogen-bond donors (Lipinski definition) is 0. The molecule has 0 radical (unpaired) electrons. The van der Waals surface area contributed by atoms with Crippen molar-refractivity contribution in [2.24, 2.45) is 0 Å². The lowest BCUT2D eigenvalue weighted by Crippen LogP contribution is -2.01. The van der Waals surface area contributed by atoms with E-state index in [0.29, 0.717) is 16.9 Å². The molecule has 0 saturated carbocycles. The first-order chi connectivity index (χ1) is 10.6. The second kappa shape index (κ2) is 5.56. The highest BCUT2D eigenvalue weighted by atomic mass is 16.5. The molecular formula is C18H16O4. The molecule has 22 heavy (non-hydrogen) atoms. The van der Waals surface area contributed by atoms with E-state index < -0.39 is 0 Å². The lowest BCUT2D eigenvalue weighted by atomic mass is 10.1. The molecule has 0 amide bonds. The molecule has 0 bridgehead atoms. The van der Waals surface area contributed by atoms with Gasteiger partial charge in [-0.2, -0.15) is 0 Å². The highest BCUT2D eigenvalue weighted by molar-refractivity contribution is 6.04. The maximum absolute atomic E-state index is 11.9. The van der Waals surface area contributed by atoms with Gasteiger partial charge in [0.2, 0.25) is 0 Å². The van der Waals surface area contributed by atoms with Crippen LogP contribution in [0.15, 0.2) is 46.9 Å². The first kappa shape index (κ1) is 14.2. The van der Waals surface area contributed by atoms with Crippen molar-refractivity contribution >= 4 is 16.9 Å². The van der Waals surface area contributed by atoms with Gasteiger partial charge < -0.3 is 13.9 Å². The van der Waals surface area contributed by atoms with E-state index in [9.17, 15) is 4.79 Å². The lowest BCUT2D eigenvalue weighted by molar-refractivity contribution is 0.0603. The number of carbonyl (C=O) groups excluding carboxylic acids is 1. The fourth-order valence-corrected chi connectivity index (χ4v) is 2.45. The standard InChI is InChI=1S/C18H16O4/c1-11-8-15(18(19)21-3)14-10-16(22-17(14)9-11)12-4-6-13(20-2)7-5-12/h4-10H,1-3H3. The summed E-state index contributed by atoms with van der Waals surface area (Å²) in [6.45, 7) is 1.92. The van der Waals surface area contributed by atoms with E-state index in [1.54, 1.807) is 7.11 Å². The van der Waals surface area contributed by atoms with Crippen molar-refractivity contribution in [3.8, 4) is 17.1 Å². The summed E-state index contributed by atoms with van der Waals surface area (Å²) < 4.78 is 15.9. The van der Waals surface area contributed by atoms with Crippen LogP contribution in [0.5, 0.6) is 5.75 Å². The monoisotopic (exact) mass is 296 g/mol. The first-order valence-electron chi connectivity index (χ1n) is 6.89. The summed E-state index contributed by atoms with van der Waals surface area (Å²) in [7, 11) is 3.00. The molecule has 0 atom stereocenters. The zero-order chi connectivity index (χ0) is 15.7. The van der Waals surface area contributed by atoms with Crippen LogP contribution in [0.25, 0.3) is 22.3 Å². The molecule has 4 heteroatoms. The molecule has 0 aliphatic heterocycles. The van der Waals surface area contributed by atoms with Crippen molar-refractivity contribution in [1.82, 2.24) is 0 Å². The van der Waals surface area contributed by atoms with Crippen molar-refractivity contribution in [2.45, 2.75) is 6.92 Å². The summed E-state index contributed by atoms with van der Waals surface area (Å²) in [5.41, 5.74) is 3.06. The third-order valence-electron chi connectivity index (χ3n) is 3.56. The fourth-order valence-electron chi connectivity index (χ4n) is 2.45. The normalized spacial score (nSPS) is 10.7. The molecule has 3 aromatic rings. The molecule has 3 rings (SSSR count). The maximum atomic E-state index is 11.9. The molecule has 0 aliphatic carbocycles. The second-order valence-corrected chi connectivity index (χ2v) is 5.06. The Morgan fingerprint density at radius 3 is 2.41 bits per heavy atom. The number of esters is 1. The van der Waals surface area contributed by atoms with Gasteiger partial charge >= 0.3 is 5.97 Å². The van der Waals surface area contributed by atoms with Gasteiger partial charge in [-0.15, -0.1) is 0 Å². The minimum atomic E-state index is -0.365. The van der Waals surface area contributed by atoms with Crippen molar-refractivity contribution in [2.75, 3.05) is 14.2 Å². The van der Waals surface area contributed by atoms with Crippen LogP contribution >= 0.6 is 0 Å². The lowest BCUT2D eigenvalue weighted by Gasteiger charge is -2.01. The minimum Gasteiger partial charge on any atom is -0.497 e. The van der Waals surface area contributed by atoms with Crippen LogP contribution in [-0.4, -0.2) is 20.2 Å². The third kappa shape index (κ3) is 2.44. The number of fused-ring (bicyclic) bond motifs is 1. The average molecular weight is 296 g/mol. The number of carbonyl (C=O) groups is 1. The van der Waals surface area contributed by atoms with Gasteiger partial charge in [0.15, 0.2) is 0 Å². The van der Waals surface area contributed by atoms with Crippen molar-refractivity contribution in [1.29, 1.82) is 0 Å². The maximum Gasteiger partial charge on any atom is 0.338 e. The average Bonchev–Trinajstić information content (AvgIpc) is 2.97. The van der Waals surface area contributed by atoms with Gasteiger partial charge in [-0.3, -0.25) is 0 Å². The predicted molar refractivity (Wildman–Crippen MR) is 84.3 cm³/mol. The number of benzene rings is 2. The number of furan rings is 1. The highest BCUT2D eigenvalue weighted by Crippen LogP contribution is 2.32. The van der Waals surface area contributed by atoms with E-state index >= 15 is 0 Å². The zero-order valence-corrected chi connectivity index (χ0v) is 12.7. The summed E-state index contributed by atoms with van der Waals surface area (Å²) in [5, 5.41) is 0.753. The summed E-state index contributed by atoms with van der Waals surface area (Å²) in [5.74, 6) is 1.12. The Morgan fingerprint density at radius 2 is 1.77 bits per heavy atom. The number of ether oxygens (including phenoxy) is 2. The Morgan fingerprint density at radius 1 is 1.05 bits per heavy atom. The largest absolute Gasteiger partial charge is 0.497 e. The number of rotatable bonds is 3. The molecule has 112 valence electrons. The van der Waals surface area contributed by atoms with E-state index in [1.165, 1.54) is 7.11 Å². The molecule has 0 N–H and O–H groups in total. The Kier molecular flexibility index (Phi) is 3.59. The Bertz CT molecular complexity index is 828. The number of aryl methyl sites for hydroxylation is 1. The molecule has 1 aromatic heterocycles. The SMILES string of the molecule is COC(=O)c1cc(C)cc2oc(-c3ccc(OC)cc3)cc12. The van der Waals surface area contributed by atoms with Crippen molar-refractivity contribution in [3.05, 3.63) is 53.6 Å². The number of hydrogen-bond acceptors (Lipinski definition) is 4. The van der Waals surface area contributed by atoms with Gasteiger partial charge in [0.25, 0.3) is 0 Å². The van der Waals surface area contributed by atoms with Crippen LogP contribution < -0.4 is 4.74 Å². The van der Waals surface area contributed by atoms with Gasteiger partial charge in [0.05, 0.1) is 19.8 Å². The minimum absolute atomic E-state index is 0.365. The molecule has 0 spiro atoms. The van der Waals surface area contributed by atoms with E-state index in [4.69, 9.17) is 13.9 Å². The zero-order valence-electron chi connectivity index (χ0n) is 12.7. The van der Waals surface area contributed by atoms with E-state index in [1.807, 2.05) is 49.4 Å². The molecule has 1 heterocycles. The fraction of sp³-hybridized carbons (Fsp3) is 0.167. The third-order valence-corrected chi connectivity index (χ3v) is 3.56. The Hall–Kier alpha value is -2.75. The number of methoxy groups -OCH3 is 2. The van der Waals surface area contributed by atoms with Gasteiger partial charge in [-0.1, -0.05) is 0 Å². The smallest absolute Gasteiger partial charge is 0.338 e. The van der Waals surface area contributed by atoms with Crippen LogP contribution in [0.4, 0.5) is 0 Å². The molecule has 4 nitrogen and oxygen atoms in total. The van der Waals surface area contributed by atoms with Crippen LogP contribution in [0.2, 0.25) is 0 Å². The first-order valence-corrected chi connectivity index (χ1v) is 6.89. The van der Waals surface area contributed by atoms with Gasteiger partial charge in [-0.25, -0.2) is 4.79 Å². The summed E-state index contributed by atoms with van der Waals surface area (Å²) in [6.07, 6.45) is 0. The molecule has 0 unspecified atom stereocenters. The van der Waals surface area contributed by atoms with Gasteiger partial charge in [-0.05, 0) is 55.0 Å². The molecular weight excluding hydrogens is 280 g/mol. The quantitative estimate of drug-likeness (QED) is 0.679. The summed E-state index contributed by atoms with van der Waals surface area (Å²) in [6, 6.07) is 13.2.